The Bertz CT molecular complexity index is 338. The van der Waals surface area contributed by atoms with Crippen molar-refractivity contribution in [3.8, 4) is 0 Å². The number of aliphatic hydroxyl groups excluding tert-OH is 1. The molecule has 0 bridgehead atoms. The van der Waals surface area contributed by atoms with Gasteiger partial charge < -0.3 is 15.7 Å². The minimum atomic E-state index is -0.385. The van der Waals surface area contributed by atoms with Crippen LogP contribution in [0.3, 0.4) is 0 Å². The Labute approximate surface area is 107 Å². The second-order valence-corrected chi connectivity index (χ2v) is 4.61. The van der Waals surface area contributed by atoms with Crippen LogP contribution < -0.4 is 10.6 Å². The minimum absolute atomic E-state index is 0.192. The van der Waals surface area contributed by atoms with Gasteiger partial charge in [-0.3, -0.25) is 4.68 Å². The van der Waals surface area contributed by atoms with Gasteiger partial charge in [-0.1, -0.05) is 6.92 Å². The van der Waals surface area contributed by atoms with Crippen molar-refractivity contribution in [1.82, 2.24) is 20.4 Å². The number of hydrogen-bond acceptors (Lipinski definition) is 3. The van der Waals surface area contributed by atoms with E-state index in [2.05, 4.69) is 22.7 Å². The summed E-state index contributed by atoms with van der Waals surface area (Å²) >= 11 is 0. The molecule has 0 aliphatic carbocycles. The fraction of sp³-hybridized carbons (Fsp3) is 0.667. The van der Waals surface area contributed by atoms with Crippen LogP contribution in [-0.2, 0) is 6.54 Å². The van der Waals surface area contributed by atoms with Crippen LogP contribution in [0.1, 0.15) is 20.3 Å². The highest BCUT2D eigenvalue weighted by molar-refractivity contribution is 5.73. The van der Waals surface area contributed by atoms with Gasteiger partial charge in [-0.05, 0) is 25.3 Å². The Morgan fingerprint density at radius 2 is 2.22 bits per heavy atom. The van der Waals surface area contributed by atoms with Crippen molar-refractivity contribution in [3.05, 3.63) is 18.5 Å². The lowest BCUT2D eigenvalue weighted by atomic mass is 10.2. The number of nitrogens with one attached hydrogen (secondary N) is 2. The maximum absolute atomic E-state index is 11.4. The van der Waals surface area contributed by atoms with Crippen LogP contribution in [-0.4, -0.2) is 40.1 Å². The summed E-state index contributed by atoms with van der Waals surface area (Å²) in [5.74, 6) is 0.312. The summed E-state index contributed by atoms with van der Waals surface area (Å²) in [5.41, 5.74) is 0. The first-order valence-electron chi connectivity index (χ1n) is 6.25. The van der Waals surface area contributed by atoms with Crippen LogP contribution in [0.15, 0.2) is 18.5 Å². The summed E-state index contributed by atoms with van der Waals surface area (Å²) in [5, 5.41) is 18.7. The molecule has 2 unspecified atom stereocenters. The lowest BCUT2D eigenvalue weighted by molar-refractivity contribution is 0.183. The zero-order chi connectivity index (χ0) is 13.4. The van der Waals surface area contributed by atoms with Crippen LogP contribution in [0.5, 0.6) is 0 Å². The number of amides is 2. The van der Waals surface area contributed by atoms with Crippen molar-refractivity contribution in [2.75, 3.05) is 13.1 Å². The topological polar surface area (TPSA) is 79.2 Å². The maximum atomic E-state index is 11.4. The third kappa shape index (κ3) is 6.24. The summed E-state index contributed by atoms with van der Waals surface area (Å²) in [6.07, 6.45) is 3.82. The number of carbonyl (C=O) groups excluding carboxylic acids is 1. The van der Waals surface area contributed by atoms with Gasteiger partial charge in [-0.2, -0.15) is 5.10 Å². The standard InChI is InChI=1S/C12H22N4O2/c1-10(9-16-7-3-5-15-16)8-14-12(18)13-6-4-11(2)17/h3,5,7,10-11,17H,4,6,8-9H2,1-2H3,(H2,13,14,18). The van der Waals surface area contributed by atoms with Crippen LogP contribution in [0, 0.1) is 5.92 Å². The summed E-state index contributed by atoms with van der Waals surface area (Å²) in [6.45, 7) is 5.61. The normalized spacial score (nSPS) is 13.9. The Morgan fingerprint density at radius 1 is 1.44 bits per heavy atom. The van der Waals surface area contributed by atoms with Crippen LogP contribution in [0.25, 0.3) is 0 Å². The van der Waals surface area contributed by atoms with Gasteiger partial charge in [0.15, 0.2) is 0 Å². The Kier molecular flexibility index (Phi) is 6.21. The number of nitrogens with zero attached hydrogens (tertiary/aromatic N) is 2. The molecule has 2 atom stereocenters. The van der Waals surface area contributed by atoms with Crippen LogP contribution in [0.4, 0.5) is 4.79 Å². The molecule has 2 amide bonds. The third-order valence-electron chi connectivity index (χ3n) is 2.52. The molecule has 1 aromatic heterocycles. The first kappa shape index (κ1) is 14.5. The number of aliphatic hydroxyl groups is 1. The zero-order valence-corrected chi connectivity index (χ0v) is 11.0. The predicted molar refractivity (Wildman–Crippen MR) is 69.1 cm³/mol. The number of hydrogen-bond donors (Lipinski definition) is 3. The van der Waals surface area contributed by atoms with Gasteiger partial charge >= 0.3 is 6.03 Å². The smallest absolute Gasteiger partial charge is 0.314 e. The average molecular weight is 254 g/mol. The molecule has 1 aromatic rings. The second kappa shape index (κ2) is 7.71. The maximum Gasteiger partial charge on any atom is 0.314 e. The van der Waals surface area contributed by atoms with Gasteiger partial charge in [0.1, 0.15) is 0 Å². The van der Waals surface area contributed by atoms with E-state index in [1.165, 1.54) is 0 Å². The van der Waals surface area contributed by atoms with Crippen LogP contribution in [0.2, 0.25) is 0 Å². The molecule has 6 heteroatoms. The van der Waals surface area contributed by atoms with Crippen LogP contribution >= 0.6 is 0 Å². The van der Waals surface area contributed by atoms with E-state index < -0.39 is 0 Å². The fourth-order valence-electron chi connectivity index (χ4n) is 1.52. The fourth-order valence-corrected chi connectivity index (χ4v) is 1.52. The van der Waals surface area contributed by atoms with E-state index >= 15 is 0 Å². The molecule has 0 saturated heterocycles. The quantitative estimate of drug-likeness (QED) is 0.666. The Morgan fingerprint density at radius 3 is 2.83 bits per heavy atom. The number of carbonyl (C=O) groups is 1. The van der Waals surface area contributed by atoms with Crippen molar-refractivity contribution >= 4 is 6.03 Å². The molecule has 0 fully saturated rings. The lowest BCUT2D eigenvalue weighted by Gasteiger charge is -2.13. The lowest BCUT2D eigenvalue weighted by Crippen LogP contribution is -2.39. The van der Waals surface area contributed by atoms with Gasteiger partial charge in [-0.15, -0.1) is 0 Å². The monoisotopic (exact) mass is 254 g/mol. The van der Waals surface area contributed by atoms with Gasteiger partial charge in [0, 0.05) is 32.0 Å². The molecule has 1 rings (SSSR count). The summed E-state index contributed by atoms with van der Waals surface area (Å²) in [6, 6.07) is 1.69. The Balaban J connectivity index is 2.10. The zero-order valence-electron chi connectivity index (χ0n) is 11.0. The van der Waals surface area contributed by atoms with E-state index in [4.69, 9.17) is 5.11 Å². The van der Waals surface area contributed by atoms with Gasteiger partial charge in [0.2, 0.25) is 0 Å². The van der Waals surface area contributed by atoms with E-state index in [1.807, 2.05) is 16.9 Å². The molecule has 0 spiro atoms. The molecule has 0 aliphatic heterocycles. The first-order valence-corrected chi connectivity index (χ1v) is 6.25. The van der Waals surface area contributed by atoms with Crippen molar-refractivity contribution in [2.24, 2.45) is 5.92 Å². The van der Waals surface area contributed by atoms with Gasteiger partial charge in [-0.25, -0.2) is 4.79 Å². The predicted octanol–water partition coefficient (Wildman–Crippen LogP) is 0.589. The third-order valence-corrected chi connectivity index (χ3v) is 2.52. The molecule has 0 aromatic carbocycles. The molecule has 3 N–H and O–H groups in total. The van der Waals surface area contributed by atoms with Gasteiger partial charge in [0.25, 0.3) is 0 Å². The van der Waals surface area contributed by atoms with E-state index in [9.17, 15) is 4.79 Å². The molecule has 6 nitrogen and oxygen atoms in total. The second-order valence-electron chi connectivity index (χ2n) is 4.61. The minimum Gasteiger partial charge on any atom is -0.393 e. The number of aromatic nitrogens is 2. The van der Waals surface area contributed by atoms with Crippen molar-refractivity contribution in [3.63, 3.8) is 0 Å². The largest absolute Gasteiger partial charge is 0.393 e. The molecule has 0 saturated carbocycles. The summed E-state index contributed by atoms with van der Waals surface area (Å²) in [4.78, 5) is 11.4. The average Bonchev–Trinajstić information content (AvgIpc) is 2.78. The van der Waals surface area contributed by atoms with E-state index in [1.54, 1.807) is 13.1 Å². The highest BCUT2D eigenvalue weighted by atomic mass is 16.3. The van der Waals surface area contributed by atoms with E-state index in [-0.39, 0.29) is 12.1 Å². The molecular weight excluding hydrogens is 232 g/mol. The van der Waals surface area contributed by atoms with E-state index in [0.29, 0.717) is 25.4 Å². The van der Waals surface area contributed by atoms with Crippen molar-refractivity contribution < 1.29 is 9.90 Å². The molecule has 18 heavy (non-hydrogen) atoms. The molecule has 0 aliphatic rings. The molecule has 0 radical (unpaired) electrons. The molecule has 1 heterocycles. The number of rotatable bonds is 7. The highest BCUT2D eigenvalue weighted by Gasteiger charge is 2.06. The Hall–Kier alpha value is -1.56. The highest BCUT2D eigenvalue weighted by Crippen LogP contribution is 1.97. The molecule has 102 valence electrons. The summed E-state index contributed by atoms with van der Waals surface area (Å²) < 4.78 is 1.84. The number of urea groups is 1. The van der Waals surface area contributed by atoms with Gasteiger partial charge in [0.05, 0.1) is 6.10 Å². The van der Waals surface area contributed by atoms with Crippen molar-refractivity contribution in [1.29, 1.82) is 0 Å². The molecular formula is C12H22N4O2. The summed E-state index contributed by atoms with van der Waals surface area (Å²) in [7, 11) is 0. The van der Waals surface area contributed by atoms with Crippen molar-refractivity contribution in [2.45, 2.75) is 32.9 Å². The van der Waals surface area contributed by atoms with E-state index in [0.717, 1.165) is 6.54 Å². The SMILES string of the molecule is CC(O)CCNC(=O)NCC(C)Cn1cccn1. The first-order chi connectivity index (χ1) is 8.58.